The molecule has 1 aromatic heterocycles. The predicted octanol–water partition coefficient (Wildman–Crippen LogP) is 6.78. The molecule has 4 aromatic carbocycles. The molecule has 7 nitrogen and oxygen atoms in total. The van der Waals surface area contributed by atoms with Crippen molar-refractivity contribution >= 4 is 23.0 Å². The van der Waals surface area contributed by atoms with E-state index in [1.807, 2.05) is 66.7 Å². The zero-order chi connectivity index (χ0) is 26.5. The number of carbonyl (C=O) groups excluding carboxylic acids is 1. The number of aromatic nitrogens is 1. The smallest absolute Gasteiger partial charge is 0.419 e. The molecule has 0 aliphatic heterocycles. The second-order valence-electron chi connectivity index (χ2n) is 8.59. The predicted molar refractivity (Wildman–Crippen MR) is 144 cm³/mol. The number of methoxy groups -OCH3 is 1. The van der Waals surface area contributed by atoms with Gasteiger partial charge in [0.15, 0.2) is 0 Å². The van der Waals surface area contributed by atoms with Crippen LogP contribution in [0.15, 0.2) is 103 Å². The van der Waals surface area contributed by atoms with Crippen molar-refractivity contribution < 1.29 is 28.9 Å². The Morgan fingerprint density at radius 3 is 2.13 bits per heavy atom. The molecule has 0 unspecified atom stereocenters. The second-order valence-corrected chi connectivity index (χ2v) is 8.59. The van der Waals surface area contributed by atoms with E-state index >= 15 is 0 Å². The van der Waals surface area contributed by atoms with Crippen molar-refractivity contribution in [3.05, 3.63) is 120 Å². The summed E-state index contributed by atoms with van der Waals surface area (Å²) in [6.07, 6.45) is -0.598. The van der Waals surface area contributed by atoms with E-state index in [1.54, 1.807) is 30.3 Å². The maximum Gasteiger partial charge on any atom is 0.419 e. The molecule has 190 valence electrons. The van der Waals surface area contributed by atoms with Crippen molar-refractivity contribution in [1.82, 2.24) is 4.57 Å². The molecule has 1 heterocycles. The van der Waals surface area contributed by atoms with Gasteiger partial charge in [-0.2, -0.15) is 0 Å². The summed E-state index contributed by atoms with van der Waals surface area (Å²) >= 11 is 0. The molecule has 38 heavy (non-hydrogen) atoms. The Morgan fingerprint density at radius 2 is 1.47 bits per heavy atom. The van der Waals surface area contributed by atoms with Gasteiger partial charge in [-0.15, -0.1) is 0 Å². The lowest BCUT2D eigenvalue weighted by atomic mass is 10.1. The van der Waals surface area contributed by atoms with Crippen LogP contribution in [0, 0.1) is 0 Å². The van der Waals surface area contributed by atoms with Crippen molar-refractivity contribution in [3.63, 3.8) is 0 Å². The molecular formula is C31H25NO6. The van der Waals surface area contributed by atoms with Crippen LogP contribution in [0.5, 0.6) is 11.5 Å². The molecule has 0 amide bonds. The van der Waals surface area contributed by atoms with Gasteiger partial charge in [0.1, 0.15) is 30.3 Å². The average Bonchev–Trinajstić information content (AvgIpc) is 3.34. The number of para-hydroxylation sites is 1. The highest BCUT2D eigenvalue weighted by Gasteiger charge is 2.23. The number of hydrogen-bond acceptors (Lipinski definition) is 5. The van der Waals surface area contributed by atoms with Crippen molar-refractivity contribution in [2.24, 2.45) is 0 Å². The highest BCUT2D eigenvalue weighted by atomic mass is 16.5. The van der Waals surface area contributed by atoms with Gasteiger partial charge in [0.05, 0.1) is 18.3 Å². The van der Waals surface area contributed by atoms with E-state index in [1.165, 1.54) is 17.7 Å². The fourth-order valence-electron chi connectivity index (χ4n) is 4.33. The van der Waals surface area contributed by atoms with Gasteiger partial charge in [-0.05, 0) is 47.5 Å². The van der Waals surface area contributed by atoms with Crippen LogP contribution in [0.25, 0.3) is 22.2 Å². The van der Waals surface area contributed by atoms with Gasteiger partial charge in [-0.1, -0.05) is 66.7 Å². The van der Waals surface area contributed by atoms with Gasteiger partial charge >= 0.3 is 12.1 Å². The number of carboxylic acids is 1. The molecule has 0 aliphatic carbocycles. The number of aromatic carboxylic acids is 1. The molecule has 1 N–H and O–H groups in total. The molecule has 0 atom stereocenters. The van der Waals surface area contributed by atoms with Gasteiger partial charge < -0.3 is 19.3 Å². The van der Waals surface area contributed by atoms with Gasteiger partial charge in [0.2, 0.25) is 0 Å². The van der Waals surface area contributed by atoms with E-state index in [0.29, 0.717) is 29.1 Å². The summed E-state index contributed by atoms with van der Waals surface area (Å²) in [4.78, 5) is 25.3. The lowest BCUT2D eigenvalue weighted by Crippen LogP contribution is -2.15. The maximum atomic E-state index is 13.5. The average molecular weight is 508 g/mol. The van der Waals surface area contributed by atoms with Crippen molar-refractivity contribution in [3.8, 4) is 22.8 Å². The van der Waals surface area contributed by atoms with Crippen LogP contribution in [-0.2, 0) is 18.0 Å². The fraction of sp³-hybridized carbons (Fsp3) is 0.0968. The lowest BCUT2D eigenvalue weighted by molar-refractivity contribution is 0.0693. The molecular weight excluding hydrogens is 482 g/mol. The lowest BCUT2D eigenvalue weighted by Gasteiger charge is -2.14. The highest BCUT2D eigenvalue weighted by molar-refractivity contribution is 6.00. The van der Waals surface area contributed by atoms with Crippen LogP contribution in [0.4, 0.5) is 4.79 Å². The van der Waals surface area contributed by atoms with Crippen LogP contribution < -0.4 is 9.47 Å². The third kappa shape index (κ3) is 5.08. The molecule has 0 bridgehead atoms. The fourth-order valence-corrected chi connectivity index (χ4v) is 4.33. The first-order valence-electron chi connectivity index (χ1n) is 12.0. The number of carbonyl (C=O) groups is 2. The summed E-state index contributed by atoms with van der Waals surface area (Å²) in [7, 11) is 1.40. The first kappa shape index (κ1) is 24.6. The number of hydrogen-bond donors (Lipinski definition) is 1. The van der Waals surface area contributed by atoms with E-state index in [2.05, 4.69) is 0 Å². The Kier molecular flexibility index (Phi) is 7.08. The van der Waals surface area contributed by atoms with E-state index in [-0.39, 0.29) is 17.9 Å². The Balaban J connectivity index is 1.57. The van der Waals surface area contributed by atoms with E-state index in [9.17, 15) is 14.7 Å². The molecule has 0 fully saturated rings. The van der Waals surface area contributed by atoms with Gasteiger partial charge in [-0.25, -0.2) is 14.2 Å². The van der Waals surface area contributed by atoms with Crippen LogP contribution in [0.1, 0.15) is 21.5 Å². The summed E-state index contributed by atoms with van der Waals surface area (Å²) in [5.74, 6) is -0.343. The molecule has 0 saturated carbocycles. The van der Waals surface area contributed by atoms with Gasteiger partial charge in [0.25, 0.3) is 0 Å². The largest absolute Gasteiger partial charge is 0.495 e. The minimum absolute atomic E-state index is 0.00802. The molecule has 0 spiro atoms. The number of rotatable bonds is 8. The third-order valence-corrected chi connectivity index (χ3v) is 6.13. The SMILES string of the molecule is COc1c(C(=O)O)cccc1-c1cc2cc(OCc3ccccc3)ccc2n1C(=O)OCc1ccccc1. The first-order valence-corrected chi connectivity index (χ1v) is 12.0. The van der Waals surface area contributed by atoms with Crippen LogP contribution in [0.2, 0.25) is 0 Å². The zero-order valence-electron chi connectivity index (χ0n) is 20.7. The maximum absolute atomic E-state index is 13.5. The highest BCUT2D eigenvalue weighted by Crippen LogP contribution is 2.38. The first-order chi connectivity index (χ1) is 18.5. The summed E-state index contributed by atoms with van der Waals surface area (Å²) < 4.78 is 18.6. The van der Waals surface area contributed by atoms with Crippen molar-refractivity contribution in [2.75, 3.05) is 7.11 Å². The summed E-state index contributed by atoms with van der Waals surface area (Å²) in [6.45, 7) is 0.483. The second kappa shape index (κ2) is 10.9. The molecule has 0 radical (unpaired) electrons. The Morgan fingerprint density at radius 1 is 0.789 bits per heavy atom. The summed E-state index contributed by atoms with van der Waals surface area (Å²) in [5, 5.41) is 10.4. The minimum Gasteiger partial charge on any atom is -0.495 e. The Labute approximate surface area is 219 Å². The number of ether oxygens (including phenoxy) is 3. The quantitative estimate of drug-likeness (QED) is 0.249. The monoisotopic (exact) mass is 507 g/mol. The molecule has 0 aliphatic rings. The topological polar surface area (TPSA) is 87.0 Å². The third-order valence-electron chi connectivity index (χ3n) is 6.13. The molecule has 0 saturated heterocycles. The van der Waals surface area contributed by atoms with Crippen LogP contribution >= 0.6 is 0 Å². The number of carboxylic acid groups (broad SMARTS) is 1. The zero-order valence-corrected chi connectivity index (χ0v) is 20.7. The van der Waals surface area contributed by atoms with E-state index in [0.717, 1.165) is 16.5 Å². The van der Waals surface area contributed by atoms with E-state index in [4.69, 9.17) is 14.2 Å². The van der Waals surface area contributed by atoms with E-state index < -0.39 is 12.1 Å². The number of nitrogens with zero attached hydrogens (tertiary/aromatic N) is 1. The number of fused-ring (bicyclic) bond motifs is 1. The minimum atomic E-state index is -1.13. The Bertz CT molecular complexity index is 1590. The van der Waals surface area contributed by atoms with Crippen LogP contribution in [0.3, 0.4) is 0 Å². The Hall–Kier alpha value is -5.04. The van der Waals surface area contributed by atoms with Crippen molar-refractivity contribution in [1.29, 1.82) is 0 Å². The van der Waals surface area contributed by atoms with Crippen molar-refractivity contribution in [2.45, 2.75) is 13.2 Å². The number of benzene rings is 4. The molecule has 5 rings (SSSR count). The van der Waals surface area contributed by atoms with Gasteiger partial charge in [0, 0.05) is 10.9 Å². The standard InChI is InChI=1S/C31H25NO6/c1-36-29-25(13-8-14-26(29)30(33)34)28-18-23-17-24(37-19-21-9-4-2-5-10-21)15-16-27(23)32(28)31(35)38-20-22-11-6-3-7-12-22/h2-18H,19-20H2,1H3,(H,33,34). The van der Waals surface area contributed by atoms with Gasteiger partial charge in [-0.3, -0.25) is 0 Å². The van der Waals surface area contributed by atoms with Crippen LogP contribution in [-0.4, -0.2) is 28.8 Å². The summed E-state index contributed by atoms with van der Waals surface area (Å²) in [6, 6.07) is 31.2. The molecule has 5 aromatic rings. The summed E-state index contributed by atoms with van der Waals surface area (Å²) in [5.41, 5.74) is 3.36. The normalized spacial score (nSPS) is 10.8. The molecule has 7 heteroatoms.